The van der Waals surface area contributed by atoms with E-state index in [1.807, 2.05) is 6.07 Å². The molecule has 0 spiro atoms. The van der Waals surface area contributed by atoms with Gasteiger partial charge in [0.2, 0.25) is 0 Å². The number of fused-ring (bicyclic) bond motifs is 1. The summed E-state index contributed by atoms with van der Waals surface area (Å²) >= 11 is 1.72. The molecule has 104 valence electrons. The number of rotatable bonds is 2. The maximum absolute atomic E-state index is 11.9. The number of nitrogens with zero attached hydrogens (tertiary/aromatic N) is 2. The van der Waals surface area contributed by atoms with Gasteiger partial charge in [-0.2, -0.15) is 0 Å². The largest absolute Gasteiger partial charge is 0.335 e. The Hall–Kier alpha value is -1.82. The van der Waals surface area contributed by atoms with E-state index in [0.717, 1.165) is 28.7 Å². The number of benzene rings is 1. The van der Waals surface area contributed by atoms with E-state index in [1.165, 1.54) is 7.05 Å². The van der Waals surface area contributed by atoms with E-state index >= 15 is 0 Å². The van der Waals surface area contributed by atoms with Gasteiger partial charge in [-0.15, -0.1) is 0 Å². The van der Waals surface area contributed by atoms with E-state index < -0.39 is 0 Å². The SMILES string of the molecule is CCC1CN=C(Nc2ccc3c(c2)C(=O)N(C)C3=O)S1. The van der Waals surface area contributed by atoms with Crippen molar-refractivity contribution < 1.29 is 9.59 Å². The maximum atomic E-state index is 11.9. The van der Waals surface area contributed by atoms with E-state index in [-0.39, 0.29) is 11.8 Å². The van der Waals surface area contributed by atoms with Crippen molar-refractivity contribution in [1.82, 2.24) is 4.90 Å². The molecule has 0 saturated heterocycles. The summed E-state index contributed by atoms with van der Waals surface area (Å²) in [5.41, 5.74) is 1.72. The molecule has 1 N–H and O–H groups in total. The third-order valence-electron chi connectivity index (χ3n) is 3.51. The fourth-order valence-corrected chi connectivity index (χ4v) is 3.22. The molecule has 2 aliphatic heterocycles. The van der Waals surface area contributed by atoms with Crippen LogP contribution in [0.3, 0.4) is 0 Å². The zero-order valence-corrected chi connectivity index (χ0v) is 12.2. The number of imide groups is 1. The fourth-order valence-electron chi connectivity index (χ4n) is 2.26. The summed E-state index contributed by atoms with van der Waals surface area (Å²) in [6, 6.07) is 5.23. The minimum atomic E-state index is -0.249. The molecular weight excluding hydrogens is 274 g/mol. The summed E-state index contributed by atoms with van der Waals surface area (Å²) in [5.74, 6) is -0.490. The molecule has 2 aliphatic rings. The summed E-state index contributed by atoms with van der Waals surface area (Å²) < 4.78 is 0. The van der Waals surface area contributed by atoms with E-state index in [0.29, 0.717) is 16.4 Å². The Kier molecular flexibility index (Phi) is 3.25. The molecular formula is C14H15N3O2S. The first-order chi connectivity index (χ1) is 9.60. The second kappa shape index (κ2) is 4.94. The highest BCUT2D eigenvalue weighted by Crippen LogP contribution is 2.28. The highest BCUT2D eigenvalue weighted by atomic mass is 32.2. The third kappa shape index (κ3) is 2.10. The second-order valence-electron chi connectivity index (χ2n) is 4.85. The van der Waals surface area contributed by atoms with Gasteiger partial charge in [0.05, 0.1) is 17.7 Å². The molecule has 0 radical (unpaired) electrons. The van der Waals surface area contributed by atoms with E-state index in [2.05, 4.69) is 17.2 Å². The Morgan fingerprint density at radius 2 is 2.10 bits per heavy atom. The van der Waals surface area contributed by atoms with Crippen molar-refractivity contribution >= 4 is 34.4 Å². The highest BCUT2D eigenvalue weighted by Gasteiger charge is 2.32. The predicted octanol–water partition coefficient (Wildman–Crippen LogP) is 2.21. The van der Waals surface area contributed by atoms with Crippen LogP contribution in [0.5, 0.6) is 0 Å². The predicted molar refractivity (Wildman–Crippen MR) is 80.5 cm³/mol. The lowest BCUT2D eigenvalue weighted by Gasteiger charge is -2.07. The number of hydrogen-bond donors (Lipinski definition) is 1. The monoisotopic (exact) mass is 289 g/mol. The standard InChI is InChI=1S/C14H15N3O2S/c1-3-9-7-15-14(20-9)16-8-4-5-10-11(6-8)13(19)17(2)12(10)18/h4-6,9H,3,7H2,1-2H3,(H,15,16). The maximum Gasteiger partial charge on any atom is 0.261 e. The van der Waals surface area contributed by atoms with Gasteiger partial charge in [0.15, 0.2) is 5.17 Å². The molecule has 0 saturated carbocycles. The number of aliphatic imine (C=N–C) groups is 1. The summed E-state index contributed by atoms with van der Waals surface area (Å²) in [5, 5.41) is 4.62. The molecule has 1 atom stereocenters. The lowest BCUT2D eigenvalue weighted by atomic mass is 10.1. The first-order valence-electron chi connectivity index (χ1n) is 6.54. The lowest BCUT2D eigenvalue weighted by Crippen LogP contribution is -2.24. The number of thioether (sulfide) groups is 1. The van der Waals surface area contributed by atoms with Gasteiger partial charge in [-0.1, -0.05) is 18.7 Å². The minimum absolute atomic E-state index is 0.241. The van der Waals surface area contributed by atoms with Crippen molar-refractivity contribution in [2.24, 2.45) is 4.99 Å². The van der Waals surface area contributed by atoms with Gasteiger partial charge in [-0.3, -0.25) is 19.5 Å². The Morgan fingerprint density at radius 3 is 2.80 bits per heavy atom. The topological polar surface area (TPSA) is 61.8 Å². The van der Waals surface area contributed by atoms with Crippen LogP contribution >= 0.6 is 11.8 Å². The molecule has 2 amide bonds. The van der Waals surface area contributed by atoms with E-state index in [9.17, 15) is 9.59 Å². The van der Waals surface area contributed by atoms with Crippen molar-refractivity contribution in [1.29, 1.82) is 0 Å². The van der Waals surface area contributed by atoms with Crippen LogP contribution in [0.25, 0.3) is 0 Å². The molecule has 0 aliphatic carbocycles. The van der Waals surface area contributed by atoms with Crippen molar-refractivity contribution in [3.05, 3.63) is 29.3 Å². The second-order valence-corrected chi connectivity index (χ2v) is 6.14. The summed E-state index contributed by atoms with van der Waals surface area (Å²) in [7, 11) is 1.50. The molecule has 0 aromatic heterocycles. The summed E-state index contributed by atoms with van der Waals surface area (Å²) in [6.45, 7) is 2.97. The third-order valence-corrected chi connectivity index (χ3v) is 4.78. The molecule has 3 rings (SSSR count). The molecule has 1 unspecified atom stereocenters. The first-order valence-corrected chi connectivity index (χ1v) is 7.42. The Balaban J connectivity index is 1.81. The molecule has 1 aromatic carbocycles. The van der Waals surface area contributed by atoms with E-state index in [4.69, 9.17) is 0 Å². The summed E-state index contributed by atoms with van der Waals surface area (Å²) in [6.07, 6.45) is 1.08. The average molecular weight is 289 g/mol. The van der Waals surface area contributed by atoms with Crippen molar-refractivity contribution in [3.63, 3.8) is 0 Å². The van der Waals surface area contributed by atoms with Crippen LogP contribution in [0.4, 0.5) is 5.69 Å². The number of hydrogen-bond acceptors (Lipinski definition) is 5. The van der Waals surface area contributed by atoms with Gasteiger partial charge in [0, 0.05) is 18.0 Å². The van der Waals surface area contributed by atoms with Gasteiger partial charge in [0.1, 0.15) is 0 Å². The fraction of sp³-hybridized carbons (Fsp3) is 0.357. The van der Waals surface area contributed by atoms with Crippen molar-refractivity contribution in [3.8, 4) is 0 Å². The lowest BCUT2D eigenvalue weighted by molar-refractivity contribution is 0.0693. The Bertz CT molecular complexity index is 627. The van der Waals surface area contributed by atoms with Gasteiger partial charge in [-0.25, -0.2) is 0 Å². The minimum Gasteiger partial charge on any atom is -0.335 e. The number of nitrogens with one attached hydrogen (secondary N) is 1. The van der Waals surface area contributed by atoms with Gasteiger partial charge >= 0.3 is 0 Å². The smallest absolute Gasteiger partial charge is 0.261 e. The van der Waals surface area contributed by atoms with Gasteiger partial charge in [-0.05, 0) is 24.6 Å². The van der Waals surface area contributed by atoms with Crippen molar-refractivity contribution in [2.45, 2.75) is 18.6 Å². The molecule has 0 fully saturated rings. The van der Waals surface area contributed by atoms with Gasteiger partial charge in [0.25, 0.3) is 11.8 Å². The van der Waals surface area contributed by atoms with Crippen LogP contribution in [0.15, 0.2) is 23.2 Å². The van der Waals surface area contributed by atoms with Crippen LogP contribution < -0.4 is 5.32 Å². The average Bonchev–Trinajstić information content (AvgIpc) is 2.99. The molecule has 20 heavy (non-hydrogen) atoms. The van der Waals surface area contributed by atoms with E-state index in [1.54, 1.807) is 23.9 Å². The van der Waals surface area contributed by atoms with Gasteiger partial charge < -0.3 is 5.32 Å². The molecule has 5 nitrogen and oxygen atoms in total. The Morgan fingerprint density at radius 1 is 1.35 bits per heavy atom. The molecule has 6 heteroatoms. The molecule has 0 bridgehead atoms. The number of amidine groups is 1. The van der Waals surface area contributed by atoms with Crippen LogP contribution in [0, 0.1) is 0 Å². The Labute approximate surface area is 121 Å². The van der Waals surface area contributed by atoms with Crippen LogP contribution in [0.1, 0.15) is 34.1 Å². The van der Waals surface area contributed by atoms with Crippen LogP contribution in [0.2, 0.25) is 0 Å². The van der Waals surface area contributed by atoms with Crippen LogP contribution in [-0.2, 0) is 0 Å². The quantitative estimate of drug-likeness (QED) is 0.848. The number of anilines is 1. The molecule has 2 heterocycles. The number of amides is 2. The van der Waals surface area contributed by atoms with Crippen LogP contribution in [-0.4, -0.2) is 40.7 Å². The number of carbonyl (C=O) groups is 2. The zero-order valence-electron chi connectivity index (χ0n) is 11.3. The highest BCUT2D eigenvalue weighted by molar-refractivity contribution is 8.15. The first kappa shape index (κ1) is 13.2. The molecule has 1 aromatic rings. The summed E-state index contributed by atoms with van der Waals surface area (Å²) in [4.78, 5) is 29.3. The zero-order chi connectivity index (χ0) is 14.3. The normalized spacial score (nSPS) is 21.2. The number of carbonyl (C=O) groups excluding carboxylic acids is 2. The van der Waals surface area contributed by atoms with Crippen molar-refractivity contribution in [2.75, 3.05) is 18.9 Å².